The van der Waals surface area contributed by atoms with E-state index in [1.165, 1.54) is 4.90 Å². The van der Waals surface area contributed by atoms with Crippen molar-refractivity contribution in [1.82, 2.24) is 24.8 Å². The Bertz CT molecular complexity index is 1590. The fourth-order valence-corrected chi connectivity index (χ4v) is 7.17. The van der Waals surface area contributed by atoms with Gasteiger partial charge in [0.2, 0.25) is 11.8 Å². The van der Waals surface area contributed by atoms with Crippen LogP contribution in [0.15, 0.2) is 36.5 Å². The van der Waals surface area contributed by atoms with Crippen molar-refractivity contribution >= 4 is 58.2 Å². The molecule has 12 heteroatoms. The molecule has 2 aromatic carbocycles. The third-order valence-electron chi connectivity index (χ3n) is 9.25. The summed E-state index contributed by atoms with van der Waals surface area (Å²) < 4.78 is 1.58. The van der Waals surface area contributed by atoms with Crippen molar-refractivity contribution in [2.75, 3.05) is 31.1 Å². The van der Waals surface area contributed by atoms with Gasteiger partial charge in [0.1, 0.15) is 5.69 Å². The molecule has 0 radical (unpaired) electrons. The van der Waals surface area contributed by atoms with Crippen LogP contribution in [0.5, 0.6) is 0 Å². The van der Waals surface area contributed by atoms with E-state index in [9.17, 15) is 14.4 Å². The Kier molecular flexibility index (Phi) is 8.04. The van der Waals surface area contributed by atoms with Crippen molar-refractivity contribution in [1.29, 1.82) is 0 Å². The highest BCUT2D eigenvalue weighted by Gasteiger charge is 2.49. The predicted molar refractivity (Wildman–Crippen MR) is 166 cm³/mol. The van der Waals surface area contributed by atoms with Gasteiger partial charge in [0, 0.05) is 31.7 Å². The minimum Gasteiger partial charge on any atom is -0.336 e. The highest BCUT2D eigenvalue weighted by molar-refractivity contribution is 6.43. The van der Waals surface area contributed by atoms with Crippen molar-refractivity contribution < 1.29 is 14.4 Å². The SMILES string of the molecule is Cc1ccc(C(=O)N2CCN(C(C)(C)c3cn(-c4cc(Cl)c(Cl)cc4Cl)nn3)CC2)cc1N1C(=O)C2CCCCC2C1=O. The van der Waals surface area contributed by atoms with E-state index in [-0.39, 0.29) is 29.6 Å². The van der Waals surface area contributed by atoms with Crippen LogP contribution in [0.1, 0.15) is 61.1 Å². The number of aryl methyl sites for hydroxylation is 1. The van der Waals surface area contributed by atoms with Crippen molar-refractivity contribution in [3.63, 3.8) is 0 Å². The van der Waals surface area contributed by atoms with Gasteiger partial charge in [0.25, 0.3) is 5.91 Å². The Labute approximate surface area is 265 Å². The Morgan fingerprint density at radius 1 is 0.860 bits per heavy atom. The third-order valence-corrected chi connectivity index (χ3v) is 10.3. The predicted octanol–water partition coefficient (Wildman–Crippen LogP) is 5.91. The third kappa shape index (κ3) is 5.35. The number of hydrogen-bond acceptors (Lipinski definition) is 6. The molecule has 0 spiro atoms. The van der Waals surface area contributed by atoms with Crippen LogP contribution in [0, 0.1) is 18.8 Å². The first-order valence-corrected chi connectivity index (χ1v) is 15.7. The van der Waals surface area contributed by atoms with E-state index < -0.39 is 5.54 Å². The van der Waals surface area contributed by atoms with Gasteiger partial charge in [0.05, 0.1) is 50.0 Å². The monoisotopic (exact) mass is 642 g/mol. The smallest absolute Gasteiger partial charge is 0.254 e. The molecule has 0 N–H and O–H groups in total. The van der Waals surface area contributed by atoms with E-state index in [0.717, 1.165) is 36.9 Å². The highest BCUT2D eigenvalue weighted by atomic mass is 35.5. The van der Waals surface area contributed by atoms with Crippen LogP contribution in [0.3, 0.4) is 0 Å². The molecule has 3 fully saturated rings. The molecular weight excluding hydrogens is 611 g/mol. The summed E-state index contributed by atoms with van der Waals surface area (Å²) in [5, 5.41) is 9.85. The maximum atomic E-state index is 13.6. The summed E-state index contributed by atoms with van der Waals surface area (Å²) in [7, 11) is 0. The topological polar surface area (TPSA) is 91.6 Å². The van der Waals surface area contributed by atoms with E-state index in [4.69, 9.17) is 34.8 Å². The van der Waals surface area contributed by atoms with Gasteiger partial charge in [-0.1, -0.05) is 58.9 Å². The van der Waals surface area contributed by atoms with Crippen LogP contribution in [0.25, 0.3) is 5.69 Å². The van der Waals surface area contributed by atoms with Gasteiger partial charge < -0.3 is 4.90 Å². The van der Waals surface area contributed by atoms with Crippen LogP contribution in [0.4, 0.5) is 5.69 Å². The van der Waals surface area contributed by atoms with Crippen molar-refractivity contribution in [2.24, 2.45) is 11.8 Å². The minimum absolute atomic E-state index is 0.115. The standard InChI is InChI=1S/C31H33Cl3N6O3/c1-18-8-9-19(14-25(18)40-29(42)20-6-4-5-7-21(20)30(40)43)28(41)37-10-12-38(13-11-37)31(2,3)27-17-39(36-35-27)26-16-23(33)22(32)15-24(26)34/h8-9,14-17,20-21H,4-7,10-13H2,1-3H3. The first kappa shape index (κ1) is 30.1. The number of carbonyl (C=O) groups excluding carboxylic acids is 3. The summed E-state index contributed by atoms with van der Waals surface area (Å²) in [5.41, 5.74) is 2.66. The lowest BCUT2D eigenvalue weighted by Crippen LogP contribution is -2.54. The molecule has 1 aromatic heterocycles. The Balaban J connectivity index is 1.15. The second-order valence-corrected chi connectivity index (χ2v) is 13.3. The van der Waals surface area contributed by atoms with Gasteiger partial charge in [-0.3, -0.25) is 19.3 Å². The summed E-state index contributed by atoms with van der Waals surface area (Å²) >= 11 is 18.7. The molecule has 1 saturated carbocycles. The summed E-state index contributed by atoms with van der Waals surface area (Å²) in [5.74, 6) is -0.846. The van der Waals surface area contributed by atoms with Crippen molar-refractivity contribution in [3.05, 3.63) is 68.4 Å². The molecule has 3 aromatic rings. The molecule has 3 heterocycles. The molecule has 2 atom stereocenters. The zero-order valence-corrected chi connectivity index (χ0v) is 26.6. The fraction of sp³-hybridized carbons (Fsp3) is 0.452. The van der Waals surface area contributed by atoms with Gasteiger partial charge in [-0.2, -0.15) is 0 Å². The normalized spacial score (nSPS) is 21.4. The molecule has 9 nitrogen and oxygen atoms in total. The lowest BCUT2D eigenvalue weighted by molar-refractivity contribution is -0.122. The Hall–Kier alpha value is -2.98. The number of fused-ring (bicyclic) bond motifs is 1. The number of amides is 3. The van der Waals surface area contributed by atoms with Crippen LogP contribution >= 0.6 is 34.8 Å². The van der Waals surface area contributed by atoms with E-state index in [2.05, 4.69) is 29.1 Å². The minimum atomic E-state index is -0.472. The average molecular weight is 644 g/mol. The second kappa shape index (κ2) is 11.5. The molecule has 6 rings (SSSR count). The van der Waals surface area contributed by atoms with Gasteiger partial charge in [-0.25, -0.2) is 9.58 Å². The summed E-state index contributed by atoms with van der Waals surface area (Å²) in [6.45, 7) is 8.31. The molecule has 2 saturated heterocycles. The van der Waals surface area contributed by atoms with Crippen molar-refractivity contribution in [2.45, 2.75) is 52.0 Å². The first-order chi connectivity index (χ1) is 20.5. The second-order valence-electron chi connectivity index (χ2n) is 12.1. The molecule has 0 bridgehead atoms. The summed E-state index contributed by atoms with van der Waals surface area (Å²) in [6.07, 6.45) is 5.28. The average Bonchev–Trinajstić information content (AvgIpc) is 3.59. The van der Waals surface area contributed by atoms with Gasteiger partial charge in [-0.05, 0) is 63.4 Å². The van der Waals surface area contributed by atoms with Gasteiger partial charge in [-0.15, -0.1) is 5.10 Å². The molecule has 43 heavy (non-hydrogen) atoms. The van der Waals surface area contributed by atoms with Crippen LogP contribution in [-0.2, 0) is 15.1 Å². The van der Waals surface area contributed by atoms with Gasteiger partial charge in [0.15, 0.2) is 0 Å². The Morgan fingerprint density at radius 3 is 2.14 bits per heavy atom. The van der Waals surface area contributed by atoms with Gasteiger partial charge >= 0.3 is 0 Å². The number of hydrogen-bond donors (Lipinski definition) is 0. The zero-order valence-electron chi connectivity index (χ0n) is 24.3. The lowest BCUT2D eigenvalue weighted by atomic mass is 9.81. The maximum Gasteiger partial charge on any atom is 0.254 e. The molecule has 3 aliphatic rings. The van der Waals surface area contributed by atoms with E-state index in [0.29, 0.717) is 58.2 Å². The molecule has 2 aliphatic heterocycles. The highest BCUT2D eigenvalue weighted by Crippen LogP contribution is 2.41. The van der Waals surface area contributed by atoms with Crippen LogP contribution < -0.4 is 4.90 Å². The number of anilines is 1. The van der Waals surface area contributed by atoms with E-state index >= 15 is 0 Å². The van der Waals surface area contributed by atoms with E-state index in [1.807, 2.05) is 24.1 Å². The molecule has 1 aliphatic carbocycles. The summed E-state index contributed by atoms with van der Waals surface area (Å²) in [4.78, 5) is 45.5. The number of rotatable bonds is 5. The number of imide groups is 1. The molecule has 2 unspecified atom stereocenters. The molecule has 226 valence electrons. The number of aromatic nitrogens is 3. The zero-order chi connectivity index (χ0) is 30.6. The van der Waals surface area contributed by atoms with Crippen LogP contribution in [0.2, 0.25) is 15.1 Å². The van der Waals surface area contributed by atoms with E-state index in [1.54, 1.807) is 28.9 Å². The fourth-order valence-electron chi connectivity index (χ4n) is 6.55. The number of carbonyl (C=O) groups is 3. The molecule has 3 amide bonds. The molecular formula is C31H33Cl3N6O3. The number of benzene rings is 2. The Morgan fingerprint density at radius 2 is 1.49 bits per heavy atom. The largest absolute Gasteiger partial charge is 0.336 e. The summed E-state index contributed by atoms with van der Waals surface area (Å²) in [6, 6.07) is 8.55. The maximum absolute atomic E-state index is 13.6. The number of piperazine rings is 1. The number of nitrogens with zero attached hydrogens (tertiary/aromatic N) is 6. The van der Waals surface area contributed by atoms with Crippen molar-refractivity contribution in [3.8, 4) is 5.69 Å². The lowest BCUT2D eigenvalue weighted by Gasteiger charge is -2.43. The number of halogens is 3. The van der Waals surface area contributed by atoms with Crippen LogP contribution in [-0.4, -0.2) is 68.7 Å². The quantitative estimate of drug-likeness (QED) is 0.254. The first-order valence-electron chi connectivity index (χ1n) is 14.6.